The van der Waals surface area contributed by atoms with E-state index in [-0.39, 0.29) is 5.69 Å². The van der Waals surface area contributed by atoms with Gasteiger partial charge in [0, 0.05) is 30.6 Å². The van der Waals surface area contributed by atoms with Crippen LogP contribution in [0.5, 0.6) is 0 Å². The Morgan fingerprint density at radius 1 is 1.20 bits per heavy atom. The standard InChI is InChI=1S/C11H10N2O2/c14-13(15)11-6-4-10(5-7-11)12-8-2-1-3-9-12/h1-8H,9H2. The summed E-state index contributed by atoms with van der Waals surface area (Å²) in [5, 5.41) is 10.5. The fraction of sp³-hybridized carbons (Fsp3) is 0.0909. The quantitative estimate of drug-likeness (QED) is 0.546. The molecule has 0 spiro atoms. The van der Waals surface area contributed by atoms with E-state index in [0.717, 1.165) is 12.2 Å². The average molecular weight is 202 g/mol. The van der Waals surface area contributed by atoms with E-state index in [4.69, 9.17) is 0 Å². The third kappa shape index (κ3) is 2.04. The van der Waals surface area contributed by atoms with Crippen molar-refractivity contribution in [3.63, 3.8) is 0 Å². The van der Waals surface area contributed by atoms with Crippen molar-refractivity contribution >= 4 is 11.4 Å². The molecule has 1 aliphatic heterocycles. The molecule has 1 aliphatic rings. The average Bonchev–Trinajstić information content (AvgIpc) is 2.30. The largest absolute Gasteiger partial charge is 0.344 e. The molecule has 1 aromatic rings. The lowest BCUT2D eigenvalue weighted by Gasteiger charge is -2.20. The van der Waals surface area contributed by atoms with E-state index in [1.807, 2.05) is 29.3 Å². The summed E-state index contributed by atoms with van der Waals surface area (Å²) in [6, 6.07) is 6.53. The van der Waals surface area contributed by atoms with E-state index in [2.05, 4.69) is 0 Å². The minimum absolute atomic E-state index is 0.121. The second kappa shape index (κ2) is 3.96. The monoisotopic (exact) mass is 202 g/mol. The van der Waals surface area contributed by atoms with Gasteiger partial charge in [-0.2, -0.15) is 0 Å². The highest BCUT2D eigenvalue weighted by atomic mass is 16.6. The zero-order valence-electron chi connectivity index (χ0n) is 8.04. The molecule has 0 bridgehead atoms. The van der Waals surface area contributed by atoms with Gasteiger partial charge in [0.2, 0.25) is 0 Å². The number of rotatable bonds is 2. The van der Waals surface area contributed by atoms with Crippen molar-refractivity contribution in [1.29, 1.82) is 0 Å². The van der Waals surface area contributed by atoms with Crippen LogP contribution in [0.1, 0.15) is 0 Å². The first-order valence-corrected chi connectivity index (χ1v) is 4.62. The van der Waals surface area contributed by atoms with E-state index < -0.39 is 4.92 Å². The van der Waals surface area contributed by atoms with Crippen molar-refractivity contribution < 1.29 is 4.92 Å². The zero-order chi connectivity index (χ0) is 10.7. The fourth-order valence-electron chi connectivity index (χ4n) is 1.42. The number of non-ortho nitro benzene ring substituents is 1. The molecule has 1 aromatic carbocycles. The predicted octanol–water partition coefficient (Wildman–Crippen LogP) is 2.48. The third-order valence-electron chi connectivity index (χ3n) is 2.21. The van der Waals surface area contributed by atoms with Gasteiger partial charge in [0.1, 0.15) is 0 Å². The molecule has 0 aromatic heterocycles. The summed E-state index contributed by atoms with van der Waals surface area (Å²) < 4.78 is 0. The lowest BCUT2D eigenvalue weighted by Crippen LogP contribution is -2.17. The first-order valence-electron chi connectivity index (χ1n) is 4.62. The van der Waals surface area contributed by atoms with Crippen molar-refractivity contribution in [1.82, 2.24) is 0 Å². The van der Waals surface area contributed by atoms with Gasteiger partial charge in [-0.05, 0) is 18.2 Å². The van der Waals surface area contributed by atoms with Crippen molar-refractivity contribution in [3.8, 4) is 0 Å². The fourth-order valence-corrected chi connectivity index (χ4v) is 1.42. The Balaban J connectivity index is 2.20. The molecule has 0 aliphatic carbocycles. The summed E-state index contributed by atoms with van der Waals surface area (Å²) in [5.74, 6) is 0. The number of nitrogens with zero attached hydrogens (tertiary/aromatic N) is 2. The number of hydrogen-bond donors (Lipinski definition) is 0. The highest BCUT2D eigenvalue weighted by Crippen LogP contribution is 2.20. The summed E-state index contributed by atoms with van der Waals surface area (Å²) in [6.07, 6.45) is 7.88. The van der Waals surface area contributed by atoms with Crippen LogP contribution in [0.3, 0.4) is 0 Å². The Bertz CT molecular complexity index is 421. The van der Waals surface area contributed by atoms with Gasteiger partial charge >= 0.3 is 0 Å². The number of nitro benzene ring substituents is 1. The maximum Gasteiger partial charge on any atom is 0.269 e. The van der Waals surface area contributed by atoms with E-state index in [9.17, 15) is 10.1 Å². The van der Waals surface area contributed by atoms with Gasteiger partial charge in [0.15, 0.2) is 0 Å². The SMILES string of the molecule is O=[N+]([O-])c1ccc(N2C=CC=CC2)cc1. The lowest BCUT2D eigenvalue weighted by atomic mass is 10.2. The second-order valence-corrected chi connectivity index (χ2v) is 3.20. The molecule has 4 heteroatoms. The molecule has 76 valence electrons. The van der Waals surface area contributed by atoms with Crippen LogP contribution >= 0.6 is 0 Å². The van der Waals surface area contributed by atoms with Crippen LogP contribution < -0.4 is 4.90 Å². The zero-order valence-corrected chi connectivity index (χ0v) is 8.04. The number of benzene rings is 1. The van der Waals surface area contributed by atoms with E-state index in [1.165, 1.54) is 12.1 Å². The summed E-state index contributed by atoms with van der Waals surface area (Å²) in [7, 11) is 0. The summed E-state index contributed by atoms with van der Waals surface area (Å²) >= 11 is 0. The number of allylic oxidation sites excluding steroid dienone is 2. The summed E-state index contributed by atoms with van der Waals surface area (Å²) in [5.41, 5.74) is 1.08. The molecule has 0 N–H and O–H groups in total. The van der Waals surface area contributed by atoms with Crippen LogP contribution in [-0.4, -0.2) is 11.5 Å². The molecule has 0 unspecified atom stereocenters. The number of hydrogen-bond acceptors (Lipinski definition) is 3. The van der Waals surface area contributed by atoms with E-state index in [1.54, 1.807) is 12.1 Å². The second-order valence-electron chi connectivity index (χ2n) is 3.20. The molecule has 2 rings (SSSR count). The number of nitro groups is 1. The third-order valence-corrected chi connectivity index (χ3v) is 2.21. The van der Waals surface area contributed by atoms with E-state index in [0.29, 0.717) is 0 Å². The molecule has 0 atom stereocenters. The van der Waals surface area contributed by atoms with Gasteiger partial charge in [0.05, 0.1) is 4.92 Å². The van der Waals surface area contributed by atoms with Crippen molar-refractivity contribution in [2.75, 3.05) is 11.4 Å². The normalized spacial score (nSPS) is 14.3. The topological polar surface area (TPSA) is 46.4 Å². The van der Waals surface area contributed by atoms with Crippen molar-refractivity contribution in [2.24, 2.45) is 0 Å². The maximum atomic E-state index is 10.5. The van der Waals surface area contributed by atoms with Gasteiger partial charge < -0.3 is 4.90 Å². The Morgan fingerprint density at radius 3 is 2.47 bits per heavy atom. The van der Waals surface area contributed by atoms with Crippen LogP contribution in [0, 0.1) is 10.1 Å². The Morgan fingerprint density at radius 2 is 1.93 bits per heavy atom. The summed E-state index contributed by atoms with van der Waals surface area (Å²) in [6.45, 7) is 0.800. The van der Waals surface area contributed by atoms with Crippen LogP contribution in [0.15, 0.2) is 48.7 Å². The van der Waals surface area contributed by atoms with Gasteiger partial charge in [0.25, 0.3) is 5.69 Å². The Labute approximate surface area is 87.3 Å². The van der Waals surface area contributed by atoms with E-state index >= 15 is 0 Å². The molecule has 0 amide bonds. The molecule has 0 saturated carbocycles. The van der Waals surface area contributed by atoms with Crippen molar-refractivity contribution in [3.05, 3.63) is 58.8 Å². The first-order chi connectivity index (χ1) is 7.27. The highest BCUT2D eigenvalue weighted by Gasteiger charge is 2.07. The molecule has 0 fully saturated rings. The van der Waals surface area contributed by atoms with Gasteiger partial charge in [-0.1, -0.05) is 12.2 Å². The molecule has 4 nitrogen and oxygen atoms in total. The smallest absolute Gasteiger partial charge is 0.269 e. The first kappa shape index (κ1) is 9.45. The number of anilines is 1. The van der Waals surface area contributed by atoms with Crippen LogP contribution in [0.4, 0.5) is 11.4 Å². The molecule has 15 heavy (non-hydrogen) atoms. The van der Waals surface area contributed by atoms with Crippen molar-refractivity contribution in [2.45, 2.75) is 0 Å². The van der Waals surface area contributed by atoms with Crippen LogP contribution in [0.2, 0.25) is 0 Å². The highest BCUT2D eigenvalue weighted by molar-refractivity contribution is 5.54. The van der Waals surface area contributed by atoms with Crippen LogP contribution in [-0.2, 0) is 0 Å². The minimum atomic E-state index is -0.393. The molecule has 0 radical (unpaired) electrons. The van der Waals surface area contributed by atoms with Gasteiger partial charge in [-0.15, -0.1) is 0 Å². The van der Waals surface area contributed by atoms with Gasteiger partial charge in [-0.25, -0.2) is 0 Å². The molecule has 1 heterocycles. The predicted molar refractivity (Wildman–Crippen MR) is 58.7 cm³/mol. The Hall–Kier alpha value is -2.10. The molecular formula is C11H10N2O2. The Kier molecular flexibility index (Phi) is 2.49. The molecular weight excluding hydrogens is 192 g/mol. The maximum absolute atomic E-state index is 10.5. The van der Waals surface area contributed by atoms with Crippen LogP contribution in [0.25, 0.3) is 0 Å². The minimum Gasteiger partial charge on any atom is -0.344 e. The molecule has 0 saturated heterocycles. The lowest BCUT2D eigenvalue weighted by molar-refractivity contribution is -0.384. The van der Waals surface area contributed by atoms with Gasteiger partial charge in [-0.3, -0.25) is 10.1 Å². The summed E-state index contributed by atoms with van der Waals surface area (Å²) in [4.78, 5) is 12.1.